The molecule has 0 aliphatic heterocycles. The second-order valence-corrected chi connectivity index (χ2v) is 11.7. The molecule has 2 aromatic carbocycles. The predicted octanol–water partition coefficient (Wildman–Crippen LogP) is 4.43. The molecule has 0 heterocycles. The van der Waals surface area contributed by atoms with Crippen LogP contribution < -0.4 is 9.62 Å². The Morgan fingerprint density at radius 1 is 1.03 bits per heavy atom. The van der Waals surface area contributed by atoms with Gasteiger partial charge >= 0.3 is 0 Å². The number of anilines is 1. The molecule has 1 N–H and O–H groups in total. The topological polar surface area (TPSA) is 86.8 Å². The van der Waals surface area contributed by atoms with Gasteiger partial charge in [0.05, 0.1) is 11.9 Å². The molecule has 0 radical (unpaired) electrons. The van der Waals surface area contributed by atoms with E-state index in [1.807, 2.05) is 83.1 Å². The summed E-state index contributed by atoms with van der Waals surface area (Å²) in [7, 11) is -3.53. The molecule has 36 heavy (non-hydrogen) atoms. The quantitative estimate of drug-likeness (QED) is 0.428. The molecule has 2 amide bonds. The number of benzene rings is 2. The Labute approximate surface area is 216 Å². The summed E-state index contributed by atoms with van der Waals surface area (Å²) in [6.45, 7) is 10.8. The Hall–Kier alpha value is -2.87. The lowest BCUT2D eigenvalue weighted by molar-refractivity contribution is -0.141. The first kappa shape index (κ1) is 29.4. The number of nitrogens with one attached hydrogen (secondary N) is 1. The Bertz CT molecular complexity index is 1120. The van der Waals surface area contributed by atoms with Gasteiger partial charge in [-0.2, -0.15) is 0 Å². The van der Waals surface area contributed by atoms with E-state index < -0.39 is 16.1 Å². The third-order valence-electron chi connectivity index (χ3n) is 6.05. The summed E-state index contributed by atoms with van der Waals surface area (Å²) in [5.41, 5.74) is 3.39. The van der Waals surface area contributed by atoms with Gasteiger partial charge in [-0.3, -0.25) is 13.9 Å². The standard InChI is InChI=1S/C28H41N3O4S/c1-7-25(28(33)29-19-21(2)3)30(20-24-12-9-8-10-13-24)27(32)14-11-17-31(36(6,34)35)26-18-22(4)15-16-23(26)5/h8-10,12-13,15-16,18,21,25H,7,11,14,17,19-20H2,1-6H3,(H,29,33)/t25-/m0/s1. The molecule has 0 saturated heterocycles. The van der Waals surface area contributed by atoms with E-state index in [-0.39, 0.29) is 24.8 Å². The van der Waals surface area contributed by atoms with Crippen LogP contribution in [0.3, 0.4) is 0 Å². The average molecular weight is 516 g/mol. The van der Waals surface area contributed by atoms with Crippen molar-refractivity contribution in [2.75, 3.05) is 23.7 Å². The highest BCUT2D eigenvalue weighted by Crippen LogP contribution is 2.25. The predicted molar refractivity (Wildman–Crippen MR) is 146 cm³/mol. The van der Waals surface area contributed by atoms with Crippen molar-refractivity contribution in [1.82, 2.24) is 10.2 Å². The molecule has 2 rings (SSSR count). The molecule has 198 valence electrons. The minimum absolute atomic E-state index is 0.137. The zero-order chi connectivity index (χ0) is 26.9. The third-order valence-corrected chi connectivity index (χ3v) is 7.23. The van der Waals surface area contributed by atoms with Gasteiger partial charge < -0.3 is 10.2 Å². The van der Waals surface area contributed by atoms with E-state index >= 15 is 0 Å². The van der Waals surface area contributed by atoms with Crippen molar-refractivity contribution in [3.05, 3.63) is 65.2 Å². The highest BCUT2D eigenvalue weighted by atomic mass is 32.2. The number of carbonyl (C=O) groups is 2. The van der Waals surface area contributed by atoms with Crippen LogP contribution in [0.15, 0.2) is 48.5 Å². The monoisotopic (exact) mass is 515 g/mol. The van der Waals surface area contributed by atoms with Crippen molar-refractivity contribution in [2.45, 2.75) is 66.5 Å². The molecule has 2 aromatic rings. The maximum absolute atomic E-state index is 13.5. The maximum atomic E-state index is 13.5. The van der Waals surface area contributed by atoms with Gasteiger partial charge in [-0.15, -0.1) is 0 Å². The molecule has 0 aliphatic rings. The van der Waals surface area contributed by atoms with E-state index in [0.717, 1.165) is 16.7 Å². The fourth-order valence-electron chi connectivity index (χ4n) is 4.09. The summed E-state index contributed by atoms with van der Waals surface area (Å²) in [6, 6.07) is 14.7. The minimum atomic E-state index is -3.53. The second-order valence-electron chi connectivity index (χ2n) is 9.80. The fourth-order valence-corrected chi connectivity index (χ4v) is 5.11. The first-order chi connectivity index (χ1) is 16.9. The van der Waals surface area contributed by atoms with Crippen molar-refractivity contribution >= 4 is 27.5 Å². The van der Waals surface area contributed by atoms with Gasteiger partial charge in [-0.1, -0.05) is 63.2 Å². The number of aryl methyl sites for hydroxylation is 2. The highest BCUT2D eigenvalue weighted by Gasteiger charge is 2.29. The number of rotatable bonds is 13. The molecule has 7 nitrogen and oxygen atoms in total. The van der Waals surface area contributed by atoms with Crippen LogP contribution in [0.4, 0.5) is 5.69 Å². The van der Waals surface area contributed by atoms with Gasteiger partial charge in [0.15, 0.2) is 0 Å². The third kappa shape index (κ3) is 8.66. The molecule has 0 spiro atoms. The molecular formula is C28H41N3O4S. The zero-order valence-electron chi connectivity index (χ0n) is 22.5. The smallest absolute Gasteiger partial charge is 0.242 e. The van der Waals surface area contributed by atoms with Crippen molar-refractivity contribution in [3.8, 4) is 0 Å². The van der Waals surface area contributed by atoms with Gasteiger partial charge in [0, 0.05) is 26.1 Å². The molecule has 0 aromatic heterocycles. The van der Waals surface area contributed by atoms with E-state index in [9.17, 15) is 18.0 Å². The van der Waals surface area contributed by atoms with E-state index in [2.05, 4.69) is 5.32 Å². The zero-order valence-corrected chi connectivity index (χ0v) is 23.3. The molecule has 0 unspecified atom stereocenters. The van der Waals surface area contributed by atoms with Gasteiger partial charge in [-0.05, 0) is 55.4 Å². The summed E-state index contributed by atoms with van der Waals surface area (Å²) in [5.74, 6) is -0.0276. The summed E-state index contributed by atoms with van der Waals surface area (Å²) in [4.78, 5) is 28.1. The van der Waals surface area contributed by atoms with E-state index in [1.54, 1.807) is 4.90 Å². The van der Waals surface area contributed by atoms with Crippen molar-refractivity contribution in [1.29, 1.82) is 0 Å². The number of amides is 2. The van der Waals surface area contributed by atoms with Gasteiger partial charge in [0.2, 0.25) is 21.8 Å². The van der Waals surface area contributed by atoms with Crippen LogP contribution in [0.25, 0.3) is 0 Å². The van der Waals surface area contributed by atoms with Crippen LogP contribution in [0, 0.1) is 19.8 Å². The van der Waals surface area contributed by atoms with Crippen molar-refractivity contribution < 1.29 is 18.0 Å². The lowest BCUT2D eigenvalue weighted by Crippen LogP contribution is -2.49. The highest BCUT2D eigenvalue weighted by molar-refractivity contribution is 7.92. The SMILES string of the molecule is CC[C@@H](C(=O)NCC(C)C)N(Cc1ccccc1)C(=O)CCCN(c1cc(C)ccc1C)S(C)(=O)=O. The fraction of sp³-hybridized carbons (Fsp3) is 0.500. The summed E-state index contributed by atoms with van der Waals surface area (Å²) < 4.78 is 26.6. The Balaban J connectivity index is 2.21. The van der Waals surface area contributed by atoms with Crippen molar-refractivity contribution in [3.63, 3.8) is 0 Å². The van der Waals surface area contributed by atoms with Gasteiger partial charge in [-0.25, -0.2) is 8.42 Å². The van der Waals surface area contributed by atoms with Gasteiger partial charge in [0.25, 0.3) is 0 Å². The summed E-state index contributed by atoms with van der Waals surface area (Å²) >= 11 is 0. The maximum Gasteiger partial charge on any atom is 0.242 e. The van der Waals surface area contributed by atoms with Crippen LogP contribution in [-0.4, -0.2) is 50.5 Å². The number of sulfonamides is 1. The molecule has 0 bridgehead atoms. The molecular weight excluding hydrogens is 474 g/mol. The van der Waals surface area contributed by atoms with Gasteiger partial charge in [0.1, 0.15) is 6.04 Å². The number of hydrogen-bond donors (Lipinski definition) is 1. The molecule has 8 heteroatoms. The first-order valence-corrected chi connectivity index (χ1v) is 14.4. The molecule has 0 saturated carbocycles. The Morgan fingerprint density at radius 3 is 2.28 bits per heavy atom. The van der Waals surface area contributed by atoms with Crippen molar-refractivity contribution in [2.24, 2.45) is 5.92 Å². The van der Waals surface area contributed by atoms with Crippen LogP contribution in [0.2, 0.25) is 0 Å². The molecule has 0 aliphatic carbocycles. The largest absolute Gasteiger partial charge is 0.354 e. The van der Waals surface area contributed by atoms with E-state index in [0.29, 0.717) is 37.5 Å². The number of carbonyl (C=O) groups excluding carboxylic acids is 2. The van der Waals surface area contributed by atoms with E-state index in [4.69, 9.17) is 0 Å². The van der Waals surface area contributed by atoms with Crippen LogP contribution in [0.1, 0.15) is 56.7 Å². The lowest BCUT2D eigenvalue weighted by Gasteiger charge is -2.31. The summed E-state index contributed by atoms with van der Waals surface area (Å²) in [5, 5.41) is 2.96. The average Bonchev–Trinajstić information content (AvgIpc) is 2.81. The number of hydrogen-bond acceptors (Lipinski definition) is 4. The second kappa shape index (κ2) is 13.4. The normalized spacial score (nSPS) is 12.3. The number of nitrogens with zero attached hydrogens (tertiary/aromatic N) is 2. The van der Waals surface area contributed by atoms with Crippen LogP contribution in [0.5, 0.6) is 0 Å². The molecule has 1 atom stereocenters. The Morgan fingerprint density at radius 2 is 1.69 bits per heavy atom. The Kier molecular flexibility index (Phi) is 11.0. The minimum Gasteiger partial charge on any atom is -0.354 e. The van der Waals surface area contributed by atoms with E-state index in [1.165, 1.54) is 10.6 Å². The summed E-state index contributed by atoms with van der Waals surface area (Å²) in [6.07, 6.45) is 2.15. The molecule has 0 fully saturated rings. The lowest BCUT2D eigenvalue weighted by atomic mass is 10.1. The van der Waals surface area contributed by atoms with Crippen LogP contribution in [-0.2, 0) is 26.2 Å². The van der Waals surface area contributed by atoms with Crippen LogP contribution >= 0.6 is 0 Å². The first-order valence-electron chi connectivity index (χ1n) is 12.6.